The lowest BCUT2D eigenvalue weighted by Crippen LogP contribution is -2.26. The van der Waals surface area contributed by atoms with Gasteiger partial charge in [0.2, 0.25) is 10.0 Å². The Morgan fingerprint density at radius 3 is 2.42 bits per heavy atom. The van der Waals surface area contributed by atoms with Crippen molar-refractivity contribution in [3.63, 3.8) is 0 Å². The van der Waals surface area contributed by atoms with E-state index in [0.29, 0.717) is 6.42 Å². The SMILES string of the molecule is Cc1[nH]c2ccc(F)cc2c1CCNS(=O)(=O)c1ccc(F)cc1. The second-order valence-corrected chi connectivity index (χ2v) is 7.29. The van der Waals surface area contributed by atoms with Gasteiger partial charge in [-0.1, -0.05) is 0 Å². The van der Waals surface area contributed by atoms with E-state index in [0.717, 1.165) is 34.3 Å². The number of rotatable bonds is 5. The zero-order valence-corrected chi connectivity index (χ0v) is 13.8. The number of nitrogens with one attached hydrogen (secondary N) is 2. The second kappa shape index (κ2) is 6.33. The Labute approximate surface area is 138 Å². The van der Waals surface area contributed by atoms with Crippen LogP contribution in [-0.2, 0) is 16.4 Å². The molecular formula is C17H16F2N2O2S. The third kappa shape index (κ3) is 3.32. The van der Waals surface area contributed by atoms with Crippen LogP contribution in [0.1, 0.15) is 11.3 Å². The summed E-state index contributed by atoms with van der Waals surface area (Å²) in [6.45, 7) is 2.02. The van der Waals surface area contributed by atoms with Gasteiger partial charge in [0.15, 0.2) is 0 Å². The summed E-state index contributed by atoms with van der Waals surface area (Å²) in [4.78, 5) is 3.16. The topological polar surface area (TPSA) is 62.0 Å². The number of aromatic amines is 1. The predicted molar refractivity (Wildman–Crippen MR) is 88.3 cm³/mol. The third-order valence-electron chi connectivity index (χ3n) is 3.87. The molecule has 4 nitrogen and oxygen atoms in total. The summed E-state index contributed by atoms with van der Waals surface area (Å²) in [6.07, 6.45) is 0.412. The van der Waals surface area contributed by atoms with Gasteiger partial charge in [0.25, 0.3) is 0 Å². The highest BCUT2D eigenvalue weighted by Crippen LogP contribution is 2.23. The molecule has 0 aliphatic carbocycles. The summed E-state index contributed by atoms with van der Waals surface area (Å²) >= 11 is 0. The largest absolute Gasteiger partial charge is 0.358 e. The number of aryl methyl sites for hydroxylation is 1. The van der Waals surface area contributed by atoms with Crippen molar-refractivity contribution in [3.05, 3.63) is 65.4 Å². The molecule has 1 heterocycles. The molecule has 0 aliphatic heterocycles. The molecule has 0 unspecified atom stereocenters. The molecule has 0 fully saturated rings. The monoisotopic (exact) mass is 350 g/mol. The standard InChI is InChI=1S/C17H16F2N2O2S/c1-11-15(16-10-13(19)4-7-17(16)21-11)8-9-20-24(22,23)14-5-2-12(18)3-6-14/h2-7,10,20-21H,8-9H2,1H3. The van der Waals surface area contributed by atoms with Gasteiger partial charge in [-0.3, -0.25) is 0 Å². The van der Waals surface area contributed by atoms with Crippen LogP contribution in [0.2, 0.25) is 0 Å². The van der Waals surface area contributed by atoms with Crippen molar-refractivity contribution in [1.29, 1.82) is 0 Å². The van der Waals surface area contributed by atoms with Crippen molar-refractivity contribution in [2.24, 2.45) is 0 Å². The lowest BCUT2D eigenvalue weighted by molar-refractivity contribution is 0.580. The third-order valence-corrected chi connectivity index (χ3v) is 5.35. The first kappa shape index (κ1) is 16.6. The van der Waals surface area contributed by atoms with Crippen molar-refractivity contribution in [1.82, 2.24) is 9.71 Å². The molecule has 0 aliphatic rings. The van der Waals surface area contributed by atoms with Crippen molar-refractivity contribution in [3.8, 4) is 0 Å². The van der Waals surface area contributed by atoms with E-state index in [9.17, 15) is 17.2 Å². The molecule has 0 saturated heterocycles. The number of fused-ring (bicyclic) bond motifs is 1. The molecule has 7 heteroatoms. The van der Waals surface area contributed by atoms with Crippen LogP contribution in [0.15, 0.2) is 47.4 Å². The number of hydrogen-bond acceptors (Lipinski definition) is 2. The number of hydrogen-bond donors (Lipinski definition) is 2. The summed E-state index contributed by atoms with van der Waals surface area (Å²) < 4.78 is 53.2. The van der Waals surface area contributed by atoms with E-state index < -0.39 is 15.8 Å². The zero-order valence-electron chi connectivity index (χ0n) is 12.9. The molecule has 24 heavy (non-hydrogen) atoms. The fourth-order valence-corrected chi connectivity index (χ4v) is 3.72. The van der Waals surface area contributed by atoms with Gasteiger partial charge in [-0.25, -0.2) is 21.9 Å². The maximum absolute atomic E-state index is 13.4. The Morgan fingerprint density at radius 2 is 1.71 bits per heavy atom. The Hall–Kier alpha value is -2.25. The second-order valence-electron chi connectivity index (χ2n) is 5.52. The maximum atomic E-state index is 13.4. The smallest absolute Gasteiger partial charge is 0.240 e. The van der Waals surface area contributed by atoms with Crippen LogP contribution in [0.4, 0.5) is 8.78 Å². The summed E-state index contributed by atoms with van der Waals surface area (Å²) in [5.74, 6) is -0.833. The van der Waals surface area contributed by atoms with Gasteiger partial charge in [-0.05, 0) is 61.4 Å². The molecule has 0 amide bonds. The summed E-state index contributed by atoms with van der Waals surface area (Å²) in [6, 6.07) is 9.09. The first-order valence-corrected chi connectivity index (χ1v) is 8.87. The predicted octanol–water partition coefficient (Wildman–Crippen LogP) is 3.28. The van der Waals surface area contributed by atoms with Crippen molar-refractivity contribution in [2.75, 3.05) is 6.54 Å². The molecule has 3 aromatic rings. The molecule has 0 spiro atoms. The van der Waals surface area contributed by atoms with Crippen LogP contribution in [0.3, 0.4) is 0 Å². The maximum Gasteiger partial charge on any atom is 0.240 e. The van der Waals surface area contributed by atoms with E-state index in [1.165, 1.54) is 24.3 Å². The Bertz CT molecular complexity index is 980. The first-order chi connectivity index (χ1) is 11.4. The zero-order chi connectivity index (χ0) is 17.3. The molecule has 1 aromatic heterocycles. The lowest BCUT2D eigenvalue weighted by Gasteiger charge is -2.07. The molecule has 3 rings (SSSR count). The van der Waals surface area contributed by atoms with E-state index in [4.69, 9.17) is 0 Å². The minimum absolute atomic E-state index is 0.00518. The minimum Gasteiger partial charge on any atom is -0.358 e. The van der Waals surface area contributed by atoms with Crippen LogP contribution in [-0.4, -0.2) is 19.9 Å². The Balaban J connectivity index is 1.76. The average molecular weight is 350 g/mol. The Morgan fingerprint density at radius 1 is 1.04 bits per heavy atom. The number of halogens is 2. The van der Waals surface area contributed by atoms with Crippen LogP contribution in [0.5, 0.6) is 0 Å². The van der Waals surface area contributed by atoms with Gasteiger partial charge < -0.3 is 4.98 Å². The van der Waals surface area contributed by atoms with E-state index in [-0.39, 0.29) is 17.3 Å². The van der Waals surface area contributed by atoms with Gasteiger partial charge >= 0.3 is 0 Å². The average Bonchev–Trinajstić information content (AvgIpc) is 2.83. The molecule has 0 atom stereocenters. The van der Waals surface area contributed by atoms with Crippen molar-refractivity contribution < 1.29 is 17.2 Å². The Kier molecular flexibility index (Phi) is 4.38. The van der Waals surface area contributed by atoms with Crippen molar-refractivity contribution in [2.45, 2.75) is 18.2 Å². The van der Waals surface area contributed by atoms with Crippen LogP contribution in [0, 0.1) is 18.6 Å². The highest BCUT2D eigenvalue weighted by Gasteiger charge is 2.15. The van der Waals surface area contributed by atoms with Gasteiger partial charge in [0.05, 0.1) is 4.90 Å². The highest BCUT2D eigenvalue weighted by molar-refractivity contribution is 7.89. The fraction of sp³-hybridized carbons (Fsp3) is 0.176. The summed E-state index contributed by atoms with van der Waals surface area (Å²) in [7, 11) is -3.71. The lowest BCUT2D eigenvalue weighted by atomic mass is 10.1. The molecule has 2 aromatic carbocycles. The summed E-state index contributed by atoms with van der Waals surface area (Å²) in [5, 5.41) is 0.744. The van der Waals surface area contributed by atoms with Gasteiger partial charge in [0.1, 0.15) is 11.6 Å². The fourth-order valence-electron chi connectivity index (χ4n) is 2.68. The van der Waals surface area contributed by atoms with E-state index in [1.807, 2.05) is 6.92 Å². The molecule has 2 N–H and O–H groups in total. The molecule has 126 valence electrons. The van der Waals surface area contributed by atoms with Crippen molar-refractivity contribution >= 4 is 20.9 Å². The normalized spacial score (nSPS) is 12.0. The van der Waals surface area contributed by atoms with Gasteiger partial charge in [-0.15, -0.1) is 0 Å². The number of H-pyrrole nitrogens is 1. The van der Waals surface area contributed by atoms with E-state index in [2.05, 4.69) is 9.71 Å². The minimum atomic E-state index is -3.71. The van der Waals surface area contributed by atoms with E-state index in [1.54, 1.807) is 6.07 Å². The van der Waals surface area contributed by atoms with Crippen LogP contribution < -0.4 is 4.72 Å². The van der Waals surface area contributed by atoms with Gasteiger partial charge in [-0.2, -0.15) is 0 Å². The number of aromatic nitrogens is 1. The van der Waals surface area contributed by atoms with Crippen LogP contribution in [0.25, 0.3) is 10.9 Å². The number of benzene rings is 2. The summed E-state index contributed by atoms with van der Waals surface area (Å²) in [5.41, 5.74) is 2.55. The quantitative estimate of drug-likeness (QED) is 0.742. The molecule has 0 saturated carbocycles. The molecule has 0 radical (unpaired) electrons. The highest BCUT2D eigenvalue weighted by atomic mass is 32.2. The number of sulfonamides is 1. The first-order valence-electron chi connectivity index (χ1n) is 7.39. The molecule has 0 bridgehead atoms. The molecular weight excluding hydrogens is 334 g/mol. The van der Waals surface area contributed by atoms with Crippen LogP contribution >= 0.6 is 0 Å². The van der Waals surface area contributed by atoms with E-state index >= 15 is 0 Å². The van der Waals surface area contributed by atoms with Gasteiger partial charge in [0, 0.05) is 23.1 Å².